The summed E-state index contributed by atoms with van der Waals surface area (Å²) in [6.45, 7) is 1.82. The van der Waals surface area contributed by atoms with Gasteiger partial charge in [0.2, 0.25) is 5.91 Å². The Hall–Kier alpha value is -2.36. The second kappa shape index (κ2) is 11.5. The lowest BCUT2D eigenvalue weighted by molar-refractivity contribution is -0.115. The van der Waals surface area contributed by atoms with E-state index in [1.165, 1.54) is 0 Å². The van der Waals surface area contributed by atoms with Gasteiger partial charge in [-0.15, -0.1) is 24.0 Å². The maximum atomic E-state index is 12.1. The molecule has 1 aromatic heterocycles. The number of pyridine rings is 1. The third-order valence-corrected chi connectivity index (χ3v) is 4.35. The molecule has 2 heterocycles. The predicted molar refractivity (Wildman–Crippen MR) is 121 cm³/mol. The molecule has 1 saturated heterocycles. The number of hydrogen-bond donors (Lipinski definition) is 2. The number of aromatic nitrogens is 1. The average Bonchev–Trinajstić information content (AvgIpc) is 2.71. The van der Waals surface area contributed by atoms with Gasteiger partial charge in [0.1, 0.15) is 11.9 Å². The van der Waals surface area contributed by atoms with Gasteiger partial charge < -0.3 is 20.3 Å². The third kappa shape index (κ3) is 6.66. The van der Waals surface area contributed by atoms with Crippen molar-refractivity contribution in [2.45, 2.75) is 18.9 Å². The van der Waals surface area contributed by atoms with Crippen molar-refractivity contribution in [2.24, 2.45) is 4.99 Å². The number of nitrogens with one attached hydrogen (secondary N) is 2. The lowest BCUT2D eigenvalue weighted by atomic mass is 10.1. The summed E-state index contributed by atoms with van der Waals surface area (Å²) in [4.78, 5) is 22.5. The highest BCUT2D eigenvalue weighted by Gasteiger charge is 2.23. The standard InChI is InChI=1S/C20H25N5O2.HI/c1-21-20(23-15-19(26)24-16-6-5-11-22-14-16)25-12-9-18(10-13-25)27-17-7-3-2-4-8-17;/h2-8,11,14,18H,9-10,12-13,15H2,1H3,(H,21,23)(H,24,26);1H. The van der Waals surface area contributed by atoms with Crippen LogP contribution in [0, 0.1) is 0 Å². The number of piperidine rings is 1. The first kappa shape index (κ1) is 21.9. The molecule has 0 bridgehead atoms. The Bertz CT molecular complexity index is 750. The van der Waals surface area contributed by atoms with Gasteiger partial charge in [0.15, 0.2) is 5.96 Å². The van der Waals surface area contributed by atoms with Gasteiger partial charge in [0, 0.05) is 39.2 Å². The van der Waals surface area contributed by atoms with Crippen molar-refractivity contribution in [1.82, 2.24) is 15.2 Å². The summed E-state index contributed by atoms with van der Waals surface area (Å²) in [5.74, 6) is 1.51. The molecule has 0 unspecified atom stereocenters. The molecule has 0 spiro atoms. The zero-order valence-corrected chi connectivity index (χ0v) is 18.2. The predicted octanol–water partition coefficient (Wildman–Crippen LogP) is 2.76. The van der Waals surface area contributed by atoms with Crippen LogP contribution < -0.4 is 15.4 Å². The lowest BCUT2D eigenvalue weighted by Crippen LogP contribution is -2.49. The van der Waals surface area contributed by atoms with E-state index in [0.717, 1.165) is 37.6 Å². The summed E-state index contributed by atoms with van der Waals surface area (Å²) in [5.41, 5.74) is 0.679. The van der Waals surface area contributed by atoms with E-state index in [4.69, 9.17) is 4.74 Å². The van der Waals surface area contributed by atoms with E-state index < -0.39 is 0 Å². The number of likely N-dealkylation sites (tertiary alicyclic amines) is 1. The largest absolute Gasteiger partial charge is 0.490 e. The first-order valence-electron chi connectivity index (χ1n) is 9.12. The molecule has 0 radical (unpaired) electrons. The Morgan fingerprint density at radius 1 is 1.21 bits per heavy atom. The monoisotopic (exact) mass is 495 g/mol. The van der Waals surface area contributed by atoms with Crippen LogP contribution in [0.4, 0.5) is 5.69 Å². The number of halogens is 1. The molecule has 1 aliphatic rings. The maximum Gasteiger partial charge on any atom is 0.243 e. The fourth-order valence-corrected chi connectivity index (χ4v) is 3.01. The van der Waals surface area contributed by atoms with Crippen molar-refractivity contribution >= 4 is 41.5 Å². The van der Waals surface area contributed by atoms with Gasteiger partial charge in [-0.05, 0) is 24.3 Å². The number of benzene rings is 1. The molecular formula is C20H26IN5O2. The van der Waals surface area contributed by atoms with Crippen molar-refractivity contribution < 1.29 is 9.53 Å². The van der Waals surface area contributed by atoms with E-state index in [-0.39, 0.29) is 42.5 Å². The summed E-state index contributed by atoms with van der Waals surface area (Å²) in [5, 5.41) is 5.93. The lowest BCUT2D eigenvalue weighted by Gasteiger charge is -2.34. The van der Waals surface area contributed by atoms with E-state index in [0.29, 0.717) is 5.69 Å². The zero-order chi connectivity index (χ0) is 18.9. The number of guanidine groups is 1. The first-order chi connectivity index (χ1) is 13.2. The van der Waals surface area contributed by atoms with E-state index in [2.05, 4.69) is 25.5 Å². The molecule has 1 fully saturated rings. The molecule has 0 atom stereocenters. The SMILES string of the molecule is CN=C(NCC(=O)Nc1cccnc1)N1CCC(Oc2ccccc2)CC1.I. The maximum absolute atomic E-state index is 12.1. The second-order valence-corrected chi connectivity index (χ2v) is 6.31. The van der Waals surface area contributed by atoms with Gasteiger partial charge in [-0.1, -0.05) is 18.2 Å². The Morgan fingerprint density at radius 2 is 1.96 bits per heavy atom. The molecule has 7 nitrogen and oxygen atoms in total. The smallest absolute Gasteiger partial charge is 0.243 e. The van der Waals surface area contributed by atoms with Gasteiger partial charge in [0.25, 0.3) is 0 Å². The van der Waals surface area contributed by atoms with Crippen molar-refractivity contribution in [3.05, 3.63) is 54.9 Å². The molecule has 2 N–H and O–H groups in total. The Balaban J connectivity index is 0.00000280. The van der Waals surface area contributed by atoms with E-state index in [1.54, 1.807) is 31.6 Å². The van der Waals surface area contributed by atoms with Crippen LogP contribution >= 0.6 is 24.0 Å². The van der Waals surface area contributed by atoms with Gasteiger partial charge in [-0.3, -0.25) is 14.8 Å². The average molecular weight is 495 g/mol. The number of anilines is 1. The molecule has 1 amide bonds. The fraction of sp³-hybridized carbons (Fsp3) is 0.350. The molecular weight excluding hydrogens is 469 g/mol. The van der Waals surface area contributed by atoms with Crippen molar-refractivity contribution in [1.29, 1.82) is 0 Å². The van der Waals surface area contributed by atoms with Crippen LogP contribution in [0.5, 0.6) is 5.75 Å². The molecule has 8 heteroatoms. The molecule has 1 aromatic carbocycles. The highest BCUT2D eigenvalue weighted by Crippen LogP contribution is 2.18. The van der Waals surface area contributed by atoms with Crippen LogP contribution in [0.3, 0.4) is 0 Å². The van der Waals surface area contributed by atoms with E-state index in [9.17, 15) is 4.79 Å². The normalized spacial score (nSPS) is 14.8. The minimum atomic E-state index is -0.133. The van der Waals surface area contributed by atoms with Crippen molar-refractivity contribution in [3.63, 3.8) is 0 Å². The third-order valence-electron chi connectivity index (χ3n) is 4.35. The topological polar surface area (TPSA) is 78.8 Å². The van der Waals surface area contributed by atoms with Crippen LogP contribution in [0.2, 0.25) is 0 Å². The number of nitrogens with zero attached hydrogens (tertiary/aromatic N) is 3. The van der Waals surface area contributed by atoms with Gasteiger partial charge in [-0.2, -0.15) is 0 Å². The molecule has 3 rings (SSSR count). The summed E-state index contributed by atoms with van der Waals surface area (Å²) < 4.78 is 6.02. The molecule has 0 aliphatic carbocycles. The van der Waals surface area contributed by atoms with Gasteiger partial charge in [0.05, 0.1) is 18.4 Å². The van der Waals surface area contributed by atoms with Crippen LogP contribution in [-0.2, 0) is 4.79 Å². The second-order valence-electron chi connectivity index (χ2n) is 6.31. The Labute approximate surface area is 182 Å². The number of ether oxygens (including phenoxy) is 1. The first-order valence-corrected chi connectivity index (χ1v) is 9.12. The molecule has 2 aromatic rings. The fourth-order valence-electron chi connectivity index (χ4n) is 3.01. The number of aliphatic imine (C=N–C) groups is 1. The number of hydrogen-bond acceptors (Lipinski definition) is 4. The Morgan fingerprint density at radius 3 is 2.61 bits per heavy atom. The molecule has 150 valence electrons. The zero-order valence-electron chi connectivity index (χ0n) is 15.9. The number of carbonyl (C=O) groups excluding carboxylic acids is 1. The highest BCUT2D eigenvalue weighted by atomic mass is 127. The number of amides is 1. The summed E-state index contributed by atoms with van der Waals surface area (Å²) in [6.07, 6.45) is 5.32. The van der Waals surface area contributed by atoms with Crippen LogP contribution in [0.25, 0.3) is 0 Å². The Kier molecular flexibility index (Phi) is 8.99. The van der Waals surface area contributed by atoms with Crippen molar-refractivity contribution in [3.8, 4) is 5.75 Å². The van der Waals surface area contributed by atoms with Gasteiger partial charge >= 0.3 is 0 Å². The quantitative estimate of drug-likeness (QED) is 0.379. The van der Waals surface area contributed by atoms with E-state index in [1.807, 2.05) is 30.3 Å². The van der Waals surface area contributed by atoms with Gasteiger partial charge in [-0.25, -0.2) is 0 Å². The summed E-state index contributed by atoms with van der Waals surface area (Å²) >= 11 is 0. The number of carbonyl (C=O) groups is 1. The summed E-state index contributed by atoms with van der Waals surface area (Å²) in [7, 11) is 1.73. The molecule has 0 saturated carbocycles. The summed E-state index contributed by atoms with van der Waals surface area (Å²) in [6, 6.07) is 13.5. The minimum Gasteiger partial charge on any atom is -0.490 e. The number of para-hydroxylation sites is 1. The van der Waals surface area contributed by atoms with Crippen LogP contribution in [-0.4, -0.2) is 54.5 Å². The minimum absolute atomic E-state index is 0. The highest BCUT2D eigenvalue weighted by molar-refractivity contribution is 14.0. The van der Waals surface area contributed by atoms with E-state index >= 15 is 0 Å². The van der Waals surface area contributed by atoms with Crippen LogP contribution in [0.15, 0.2) is 59.9 Å². The van der Waals surface area contributed by atoms with Crippen molar-refractivity contribution in [2.75, 3.05) is 32.0 Å². The van der Waals surface area contributed by atoms with Crippen LogP contribution in [0.1, 0.15) is 12.8 Å². The molecule has 28 heavy (non-hydrogen) atoms. The number of rotatable bonds is 5. The molecule has 1 aliphatic heterocycles.